The lowest BCUT2D eigenvalue weighted by Crippen LogP contribution is -2.09. The maximum Gasteiger partial charge on any atom is 0.327 e. The maximum absolute atomic E-state index is 13.5. The van der Waals surface area contributed by atoms with Crippen LogP contribution in [0.15, 0.2) is 42.7 Å². The zero-order valence-corrected chi connectivity index (χ0v) is 10.2. The van der Waals surface area contributed by atoms with E-state index in [-0.39, 0.29) is 11.7 Å². The monoisotopic (exact) mass is 261 g/mol. The minimum absolute atomic E-state index is 0.161. The van der Waals surface area contributed by atoms with E-state index in [0.29, 0.717) is 0 Å². The van der Waals surface area contributed by atoms with Crippen LogP contribution in [-0.2, 0) is 0 Å². The molecular formula is C13H12FN3O2. The molecule has 5 nitrogen and oxygen atoms in total. The summed E-state index contributed by atoms with van der Waals surface area (Å²) in [6.07, 6.45) is 3.26. The van der Waals surface area contributed by atoms with Crippen molar-refractivity contribution in [2.45, 2.75) is 13.0 Å². The van der Waals surface area contributed by atoms with Crippen LogP contribution in [0.5, 0.6) is 0 Å². The normalized spacial score (nSPS) is 11.9. The van der Waals surface area contributed by atoms with Crippen molar-refractivity contribution in [3.63, 3.8) is 0 Å². The Hall–Kier alpha value is -2.50. The third-order valence-corrected chi connectivity index (χ3v) is 2.75. The third-order valence-electron chi connectivity index (χ3n) is 2.75. The Morgan fingerprint density at radius 1 is 1.32 bits per heavy atom. The second kappa shape index (κ2) is 5.43. The Labute approximate surface area is 109 Å². The average molecular weight is 261 g/mol. The van der Waals surface area contributed by atoms with Gasteiger partial charge in [-0.1, -0.05) is 6.07 Å². The summed E-state index contributed by atoms with van der Waals surface area (Å²) in [6, 6.07) is 7.39. The van der Waals surface area contributed by atoms with Crippen molar-refractivity contribution in [2.75, 3.05) is 5.32 Å². The molecule has 1 atom stereocenters. The molecule has 0 saturated carbocycles. The topological polar surface area (TPSA) is 68.1 Å². The van der Waals surface area contributed by atoms with Crippen molar-refractivity contribution in [1.29, 1.82) is 0 Å². The number of nitrogens with zero attached hydrogens (tertiary/aromatic N) is 2. The quantitative estimate of drug-likeness (QED) is 0.677. The van der Waals surface area contributed by atoms with Crippen LogP contribution in [0.3, 0.4) is 0 Å². The first-order chi connectivity index (χ1) is 9.09. The van der Waals surface area contributed by atoms with E-state index in [1.54, 1.807) is 24.5 Å². The molecule has 6 heteroatoms. The number of benzene rings is 1. The van der Waals surface area contributed by atoms with Crippen molar-refractivity contribution in [1.82, 2.24) is 4.98 Å². The molecule has 0 aliphatic carbocycles. The van der Waals surface area contributed by atoms with Gasteiger partial charge in [-0.05, 0) is 36.8 Å². The van der Waals surface area contributed by atoms with E-state index in [9.17, 15) is 14.5 Å². The number of nitrogens with one attached hydrogen (secondary N) is 1. The number of anilines is 1. The van der Waals surface area contributed by atoms with Crippen molar-refractivity contribution in [2.24, 2.45) is 0 Å². The van der Waals surface area contributed by atoms with Gasteiger partial charge in [0.25, 0.3) is 0 Å². The van der Waals surface area contributed by atoms with E-state index < -0.39 is 16.4 Å². The summed E-state index contributed by atoms with van der Waals surface area (Å²) in [7, 11) is 0. The Morgan fingerprint density at radius 2 is 2.00 bits per heavy atom. The van der Waals surface area contributed by atoms with Gasteiger partial charge in [0.15, 0.2) is 0 Å². The highest BCUT2D eigenvalue weighted by Gasteiger charge is 2.21. The molecule has 1 N–H and O–H groups in total. The first-order valence-corrected chi connectivity index (χ1v) is 5.69. The summed E-state index contributed by atoms with van der Waals surface area (Å²) in [5.74, 6) is -0.850. The molecule has 2 aromatic rings. The van der Waals surface area contributed by atoms with Crippen molar-refractivity contribution in [3.8, 4) is 0 Å². The summed E-state index contributed by atoms with van der Waals surface area (Å²) < 4.78 is 13.5. The van der Waals surface area contributed by atoms with Crippen LogP contribution < -0.4 is 5.32 Å². The minimum Gasteiger partial charge on any atom is -0.373 e. The molecule has 0 aliphatic heterocycles. The molecule has 0 radical (unpaired) electrons. The van der Waals surface area contributed by atoms with E-state index in [4.69, 9.17) is 0 Å². The van der Waals surface area contributed by atoms with Gasteiger partial charge in [0.1, 0.15) is 5.69 Å². The summed E-state index contributed by atoms with van der Waals surface area (Å²) >= 11 is 0. The lowest BCUT2D eigenvalue weighted by atomic mass is 10.1. The number of hydrogen-bond acceptors (Lipinski definition) is 4. The first kappa shape index (κ1) is 12.9. The maximum atomic E-state index is 13.5. The van der Waals surface area contributed by atoms with E-state index in [0.717, 1.165) is 11.6 Å². The predicted octanol–water partition coefficient (Wildman–Crippen LogP) is 3.30. The van der Waals surface area contributed by atoms with Gasteiger partial charge in [0, 0.05) is 18.4 Å². The highest BCUT2D eigenvalue weighted by molar-refractivity contribution is 5.62. The minimum atomic E-state index is -0.850. The number of nitro groups is 1. The fourth-order valence-corrected chi connectivity index (χ4v) is 1.79. The summed E-state index contributed by atoms with van der Waals surface area (Å²) in [5.41, 5.74) is 0.534. The highest BCUT2D eigenvalue weighted by Crippen LogP contribution is 2.30. The third kappa shape index (κ3) is 2.85. The van der Waals surface area contributed by atoms with Crippen LogP contribution in [0, 0.1) is 15.9 Å². The average Bonchev–Trinajstić information content (AvgIpc) is 2.39. The SMILES string of the molecule is CC(Nc1cccc(F)c1[N+](=O)[O-])c1ccncc1. The smallest absolute Gasteiger partial charge is 0.327 e. The number of hydrogen-bond donors (Lipinski definition) is 1. The second-order valence-electron chi connectivity index (χ2n) is 4.04. The summed E-state index contributed by atoms with van der Waals surface area (Å²) in [6.45, 7) is 1.84. The van der Waals surface area contributed by atoms with Crippen LogP contribution >= 0.6 is 0 Å². The fourth-order valence-electron chi connectivity index (χ4n) is 1.79. The van der Waals surface area contributed by atoms with Crippen LogP contribution in [0.2, 0.25) is 0 Å². The standard InChI is InChI=1S/C13H12FN3O2/c1-9(10-5-7-15-8-6-10)16-12-4-2-3-11(14)13(12)17(18)19/h2-9,16H,1H3. The lowest BCUT2D eigenvalue weighted by molar-refractivity contribution is -0.386. The molecule has 1 aromatic heterocycles. The molecule has 0 spiro atoms. The Bertz CT molecular complexity index is 590. The number of halogens is 1. The molecule has 0 amide bonds. The van der Waals surface area contributed by atoms with Gasteiger partial charge >= 0.3 is 5.69 Å². The molecule has 0 bridgehead atoms. The van der Waals surface area contributed by atoms with E-state index >= 15 is 0 Å². The number of nitro benzene ring substituents is 1. The van der Waals surface area contributed by atoms with Crippen LogP contribution in [0.25, 0.3) is 0 Å². The zero-order valence-electron chi connectivity index (χ0n) is 10.2. The number of pyridine rings is 1. The molecule has 0 aliphatic rings. The van der Waals surface area contributed by atoms with E-state index in [1.807, 2.05) is 6.92 Å². The lowest BCUT2D eigenvalue weighted by Gasteiger charge is -2.15. The molecule has 19 heavy (non-hydrogen) atoms. The Balaban J connectivity index is 2.29. The van der Waals surface area contributed by atoms with Gasteiger partial charge in [-0.15, -0.1) is 0 Å². The zero-order chi connectivity index (χ0) is 13.8. The number of rotatable bonds is 4. The fraction of sp³-hybridized carbons (Fsp3) is 0.154. The van der Waals surface area contributed by atoms with Gasteiger partial charge in [-0.2, -0.15) is 4.39 Å². The molecular weight excluding hydrogens is 249 g/mol. The van der Waals surface area contributed by atoms with E-state index in [1.165, 1.54) is 12.1 Å². The summed E-state index contributed by atoms with van der Waals surface area (Å²) in [5, 5.41) is 13.8. The molecule has 0 saturated heterocycles. The van der Waals surface area contributed by atoms with Gasteiger partial charge in [-0.25, -0.2) is 0 Å². The van der Waals surface area contributed by atoms with Gasteiger partial charge < -0.3 is 5.32 Å². The van der Waals surface area contributed by atoms with Crippen LogP contribution in [0.4, 0.5) is 15.8 Å². The largest absolute Gasteiger partial charge is 0.373 e. The van der Waals surface area contributed by atoms with Gasteiger partial charge in [-0.3, -0.25) is 15.1 Å². The summed E-state index contributed by atoms with van der Waals surface area (Å²) in [4.78, 5) is 14.0. The van der Waals surface area contributed by atoms with Crippen LogP contribution in [0.1, 0.15) is 18.5 Å². The molecule has 98 valence electrons. The Morgan fingerprint density at radius 3 is 2.63 bits per heavy atom. The predicted molar refractivity (Wildman–Crippen MR) is 69.3 cm³/mol. The number of para-hydroxylation sites is 1. The van der Waals surface area contributed by atoms with Crippen molar-refractivity contribution < 1.29 is 9.31 Å². The van der Waals surface area contributed by atoms with Crippen molar-refractivity contribution in [3.05, 3.63) is 64.2 Å². The molecule has 1 unspecified atom stereocenters. The molecule has 1 aromatic carbocycles. The number of aromatic nitrogens is 1. The second-order valence-corrected chi connectivity index (χ2v) is 4.04. The van der Waals surface area contributed by atoms with Gasteiger partial charge in [0.05, 0.1) is 4.92 Å². The van der Waals surface area contributed by atoms with Crippen LogP contribution in [-0.4, -0.2) is 9.91 Å². The van der Waals surface area contributed by atoms with E-state index in [2.05, 4.69) is 10.3 Å². The van der Waals surface area contributed by atoms with Gasteiger partial charge in [0.2, 0.25) is 5.82 Å². The molecule has 2 rings (SSSR count). The molecule has 0 fully saturated rings. The first-order valence-electron chi connectivity index (χ1n) is 5.69. The van der Waals surface area contributed by atoms with Crippen molar-refractivity contribution >= 4 is 11.4 Å². The molecule has 1 heterocycles. The highest BCUT2D eigenvalue weighted by atomic mass is 19.1. The Kier molecular flexibility index (Phi) is 3.70.